The highest BCUT2D eigenvalue weighted by molar-refractivity contribution is 5.79. The number of carbonyl (C=O) groups is 1. The number of ether oxygens (including phenoxy) is 4. The predicted molar refractivity (Wildman–Crippen MR) is 69.1 cm³/mol. The van der Waals surface area contributed by atoms with Crippen LogP contribution in [0.5, 0.6) is 11.8 Å². The van der Waals surface area contributed by atoms with Gasteiger partial charge in [-0.2, -0.15) is 9.97 Å². The van der Waals surface area contributed by atoms with Crippen LogP contribution < -0.4 is 14.4 Å². The Balaban J connectivity index is 2.33. The van der Waals surface area contributed by atoms with Gasteiger partial charge in [0.1, 0.15) is 0 Å². The number of hydrogen-bond acceptors (Lipinski definition) is 8. The van der Waals surface area contributed by atoms with E-state index >= 15 is 0 Å². The molecule has 0 aromatic carbocycles. The zero-order chi connectivity index (χ0) is 14.5. The summed E-state index contributed by atoms with van der Waals surface area (Å²) in [5, 5.41) is 0. The second kappa shape index (κ2) is 6.38. The molecule has 0 radical (unpaired) electrons. The molecule has 1 aromatic heterocycles. The van der Waals surface area contributed by atoms with E-state index in [1.54, 1.807) is 11.0 Å². The van der Waals surface area contributed by atoms with Crippen molar-refractivity contribution in [3.05, 3.63) is 6.07 Å². The molecule has 8 nitrogen and oxygen atoms in total. The summed E-state index contributed by atoms with van der Waals surface area (Å²) in [7, 11) is 4.34. The van der Waals surface area contributed by atoms with E-state index in [4.69, 9.17) is 18.9 Å². The second-order valence-electron chi connectivity index (χ2n) is 4.06. The number of hydrogen-bond donors (Lipinski definition) is 0. The van der Waals surface area contributed by atoms with Crippen molar-refractivity contribution in [2.75, 3.05) is 46.0 Å². The summed E-state index contributed by atoms with van der Waals surface area (Å²) in [6, 6.07) is 0.988. The molecule has 1 aliphatic rings. The van der Waals surface area contributed by atoms with Crippen LogP contribution >= 0.6 is 0 Å². The molecule has 0 aliphatic carbocycles. The van der Waals surface area contributed by atoms with E-state index < -0.39 is 12.0 Å². The molecule has 0 amide bonds. The van der Waals surface area contributed by atoms with E-state index in [2.05, 4.69) is 9.97 Å². The van der Waals surface area contributed by atoms with Crippen LogP contribution in [-0.4, -0.2) is 63.1 Å². The number of nitrogens with zero attached hydrogens (tertiary/aromatic N) is 3. The minimum Gasteiger partial charge on any atom is -0.481 e. The highest BCUT2D eigenvalue weighted by Gasteiger charge is 2.32. The summed E-state index contributed by atoms with van der Waals surface area (Å²) in [5.74, 6) is 0.680. The van der Waals surface area contributed by atoms with Gasteiger partial charge in [0.05, 0.1) is 40.6 Å². The molecule has 1 atom stereocenters. The number of morpholine rings is 1. The third-order valence-corrected chi connectivity index (χ3v) is 2.94. The maximum absolute atomic E-state index is 11.8. The lowest BCUT2D eigenvalue weighted by atomic mass is 10.2. The van der Waals surface area contributed by atoms with Gasteiger partial charge in [-0.15, -0.1) is 0 Å². The molecular weight excluding hydrogens is 266 g/mol. The molecule has 1 saturated heterocycles. The molecule has 1 aliphatic heterocycles. The van der Waals surface area contributed by atoms with Gasteiger partial charge in [-0.25, -0.2) is 4.79 Å². The molecule has 2 heterocycles. The molecule has 8 heteroatoms. The molecule has 1 fully saturated rings. The maximum Gasteiger partial charge on any atom is 0.331 e. The Morgan fingerprint density at radius 3 is 2.50 bits per heavy atom. The highest BCUT2D eigenvalue weighted by atomic mass is 16.5. The summed E-state index contributed by atoms with van der Waals surface area (Å²) in [5.41, 5.74) is 0. The van der Waals surface area contributed by atoms with Gasteiger partial charge in [-0.1, -0.05) is 0 Å². The van der Waals surface area contributed by atoms with Crippen LogP contribution in [0.3, 0.4) is 0 Å². The highest BCUT2D eigenvalue weighted by Crippen LogP contribution is 2.23. The van der Waals surface area contributed by atoms with Crippen molar-refractivity contribution < 1.29 is 23.7 Å². The topological polar surface area (TPSA) is 83.0 Å². The Morgan fingerprint density at radius 1 is 1.30 bits per heavy atom. The predicted octanol–water partition coefficient (Wildman–Crippen LogP) is -0.128. The van der Waals surface area contributed by atoms with E-state index in [0.717, 1.165) is 0 Å². The van der Waals surface area contributed by atoms with Gasteiger partial charge in [-0.05, 0) is 0 Å². The fourth-order valence-corrected chi connectivity index (χ4v) is 1.90. The largest absolute Gasteiger partial charge is 0.481 e. The van der Waals surface area contributed by atoms with Crippen molar-refractivity contribution in [1.82, 2.24) is 9.97 Å². The van der Waals surface area contributed by atoms with Gasteiger partial charge in [0.2, 0.25) is 17.7 Å². The van der Waals surface area contributed by atoms with Crippen molar-refractivity contribution in [1.29, 1.82) is 0 Å². The van der Waals surface area contributed by atoms with Crippen LogP contribution in [0, 0.1) is 0 Å². The number of methoxy groups -OCH3 is 3. The lowest BCUT2D eigenvalue weighted by Gasteiger charge is -2.33. The Hall–Kier alpha value is -2.09. The fraction of sp³-hybridized carbons (Fsp3) is 0.583. The lowest BCUT2D eigenvalue weighted by molar-refractivity contribution is -0.144. The quantitative estimate of drug-likeness (QED) is 0.707. The third-order valence-electron chi connectivity index (χ3n) is 2.94. The molecule has 0 bridgehead atoms. The Bertz CT molecular complexity index is 460. The van der Waals surface area contributed by atoms with Gasteiger partial charge in [0, 0.05) is 6.54 Å². The van der Waals surface area contributed by atoms with E-state index in [-0.39, 0.29) is 6.61 Å². The van der Waals surface area contributed by atoms with Gasteiger partial charge in [0.15, 0.2) is 6.04 Å². The van der Waals surface area contributed by atoms with E-state index in [0.29, 0.717) is 30.9 Å². The molecule has 0 spiro atoms. The van der Waals surface area contributed by atoms with Crippen LogP contribution in [0.25, 0.3) is 0 Å². The zero-order valence-corrected chi connectivity index (χ0v) is 11.7. The first kappa shape index (κ1) is 14.3. The lowest BCUT2D eigenvalue weighted by Crippen LogP contribution is -2.51. The van der Waals surface area contributed by atoms with Crippen molar-refractivity contribution in [3.63, 3.8) is 0 Å². The zero-order valence-electron chi connectivity index (χ0n) is 11.7. The number of carbonyl (C=O) groups excluding carboxylic acids is 1. The average molecular weight is 283 g/mol. The number of anilines is 1. The SMILES string of the molecule is COC(=O)C1COCCN1c1nc(OC)cc(OC)n1. The number of esters is 1. The first-order chi connectivity index (χ1) is 9.69. The maximum atomic E-state index is 11.8. The van der Waals surface area contributed by atoms with Crippen molar-refractivity contribution in [2.45, 2.75) is 6.04 Å². The van der Waals surface area contributed by atoms with Crippen LogP contribution in [0.15, 0.2) is 6.07 Å². The summed E-state index contributed by atoms with van der Waals surface area (Å²) >= 11 is 0. The second-order valence-corrected chi connectivity index (χ2v) is 4.06. The van der Waals surface area contributed by atoms with E-state index in [1.165, 1.54) is 21.3 Å². The smallest absolute Gasteiger partial charge is 0.331 e. The third kappa shape index (κ3) is 2.90. The minimum absolute atomic E-state index is 0.232. The Labute approximate surface area is 116 Å². The molecule has 1 aromatic rings. The van der Waals surface area contributed by atoms with Gasteiger partial charge in [0.25, 0.3) is 0 Å². The normalized spacial score (nSPS) is 18.6. The summed E-state index contributed by atoms with van der Waals surface area (Å²) < 4.78 is 20.3. The van der Waals surface area contributed by atoms with Crippen LogP contribution in [0.1, 0.15) is 0 Å². The Kier molecular flexibility index (Phi) is 4.57. The summed E-state index contributed by atoms with van der Waals surface area (Å²) in [6.07, 6.45) is 0. The van der Waals surface area contributed by atoms with Crippen LogP contribution in [0.2, 0.25) is 0 Å². The summed E-state index contributed by atoms with van der Waals surface area (Å²) in [4.78, 5) is 22.0. The molecule has 2 rings (SSSR count). The molecule has 110 valence electrons. The molecule has 0 N–H and O–H groups in total. The van der Waals surface area contributed by atoms with E-state index in [9.17, 15) is 4.79 Å². The molecule has 0 saturated carbocycles. The number of rotatable bonds is 4. The standard InChI is InChI=1S/C12H17N3O5/c1-17-9-6-10(18-2)14-12(13-9)15-4-5-20-7-8(15)11(16)19-3/h6,8H,4-5,7H2,1-3H3. The summed E-state index contributed by atoms with van der Waals surface area (Å²) in [6.45, 7) is 1.20. The van der Waals surface area contributed by atoms with Gasteiger partial charge >= 0.3 is 5.97 Å². The molecule has 1 unspecified atom stereocenters. The van der Waals surface area contributed by atoms with Crippen molar-refractivity contribution in [2.24, 2.45) is 0 Å². The Morgan fingerprint density at radius 2 is 1.95 bits per heavy atom. The minimum atomic E-state index is -0.578. The number of aromatic nitrogens is 2. The first-order valence-corrected chi connectivity index (χ1v) is 6.09. The average Bonchev–Trinajstić information content (AvgIpc) is 2.53. The van der Waals surface area contributed by atoms with Crippen LogP contribution in [0.4, 0.5) is 5.95 Å². The van der Waals surface area contributed by atoms with Crippen molar-refractivity contribution >= 4 is 11.9 Å². The molecular formula is C12H17N3O5. The van der Waals surface area contributed by atoms with Gasteiger partial charge < -0.3 is 23.8 Å². The van der Waals surface area contributed by atoms with Crippen LogP contribution in [-0.2, 0) is 14.3 Å². The van der Waals surface area contributed by atoms with Crippen molar-refractivity contribution in [3.8, 4) is 11.8 Å². The monoisotopic (exact) mass is 283 g/mol. The van der Waals surface area contributed by atoms with Gasteiger partial charge in [-0.3, -0.25) is 0 Å². The fourth-order valence-electron chi connectivity index (χ4n) is 1.90. The molecule has 20 heavy (non-hydrogen) atoms. The van der Waals surface area contributed by atoms with E-state index in [1.807, 2.05) is 0 Å². The first-order valence-electron chi connectivity index (χ1n) is 6.09.